The van der Waals surface area contributed by atoms with Crippen molar-refractivity contribution in [3.05, 3.63) is 11.6 Å². The minimum absolute atomic E-state index is 0.000410. The summed E-state index contributed by atoms with van der Waals surface area (Å²) in [5.74, 6) is 4.49. The fraction of sp³-hybridized carbons (Fsp3) is 0.846. The van der Waals surface area contributed by atoms with Crippen molar-refractivity contribution in [2.75, 3.05) is 0 Å². The van der Waals surface area contributed by atoms with Crippen LogP contribution in [0.25, 0.3) is 0 Å². The Morgan fingerprint density at radius 3 is 2.48 bits per heavy atom. The molecule has 0 aromatic rings. The first-order chi connectivity index (χ1) is 13.7. The second-order valence-corrected chi connectivity index (χ2v) is 12.4. The molecule has 0 radical (unpaired) electrons. The van der Waals surface area contributed by atoms with E-state index in [1.807, 2.05) is 0 Å². The van der Waals surface area contributed by atoms with Gasteiger partial charge in [-0.15, -0.1) is 0 Å². The summed E-state index contributed by atoms with van der Waals surface area (Å²) in [6, 6.07) is 0. The Kier molecular flexibility index (Phi) is 3.58. The van der Waals surface area contributed by atoms with Crippen LogP contribution in [0.15, 0.2) is 11.6 Å². The largest absolute Gasteiger partial charge is 0.462 e. The number of allylic oxidation sites excluding steroid dienone is 2. The lowest BCUT2D eigenvalue weighted by molar-refractivity contribution is -0.161. The van der Waals surface area contributed by atoms with Crippen LogP contribution < -0.4 is 0 Å². The summed E-state index contributed by atoms with van der Waals surface area (Å²) in [7, 11) is 0. The zero-order chi connectivity index (χ0) is 20.3. The van der Waals surface area contributed by atoms with Gasteiger partial charge in [0, 0.05) is 17.3 Å². The summed E-state index contributed by atoms with van der Waals surface area (Å²) in [6.07, 6.45) is 10.8. The minimum Gasteiger partial charge on any atom is -0.462 e. The quantitative estimate of drug-likeness (QED) is 0.592. The SMILES string of the molecule is CC(C)C1C2C3CC3C3=CC(=O)C4(CC4)C[C@]3(C)C2CC[C@]1(C)[C@H]1CCC(=O)O1. The van der Waals surface area contributed by atoms with Gasteiger partial charge in [-0.3, -0.25) is 9.59 Å². The highest BCUT2D eigenvalue weighted by Crippen LogP contribution is 2.75. The number of hydrogen-bond donors (Lipinski definition) is 0. The maximum absolute atomic E-state index is 12.9. The molecule has 3 heteroatoms. The van der Waals surface area contributed by atoms with Gasteiger partial charge in [-0.2, -0.15) is 0 Å². The summed E-state index contributed by atoms with van der Waals surface area (Å²) in [5, 5.41) is 0. The van der Waals surface area contributed by atoms with Gasteiger partial charge < -0.3 is 4.74 Å². The highest BCUT2D eigenvalue weighted by atomic mass is 16.5. The van der Waals surface area contributed by atoms with Crippen LogP contribution in [-0.4, -0.2) is 17.9 Å². The molecule has 4 saturated carbocycles. The van der Waals surface area contributed by atoms with Crippen LogP contribution in [0, 0.1) is 51.8 Å². The maximum atomic E-state index is 12.9. The zero-order valence-corrected chi connectivity index (χ0v) is 18.5. The van der Waals surface area contributed by atoms with Crippen molar-refractivity contribution in [3.8, 4) is 0 Å². The summed E-state index contributed by atoms with van der Waals surface area (Å²) in [4.78, 5) is 24.8. The molecule has 5 aliphatic carbocycles. The van der Waals surface area contributed by atoms with Crippen molar-refractivity contribution < 1.29 is 14.3 Å². The Morgan fingerprint density at radius 1 is 1.10 bits per heavy atom. The topological polar surface area (TPSA) is 43.4 Å². The molecular formula is C26H36O3. The molecule has 0 N–H and O–H groups in total. The third-order valence-corrected chi connectivity index (χ3v) is 10.6. The molecule has 0 aromatic carbocycles. The summed E-state index contributed by atoms with van der Waals surface area (Å²) in [5.41, 5.74) is 1.85. The molecule has 1 spiro atoms. The lowest BCUT2D eigenvalue weighted by Crippen LogP contribution is -2.57. The van der Waals surface area contributed by atoms with Gasteiger partial charge >= 0.3 is 5.97 Å². The van der Waals surface area contributed by atoms with E-state index in [4.69, 9.17) is 4.74 Å². The minimum atomic E-state index is -0.000410. The highest BCUT2D eigenvalue weighted by Gasteiger charge is 2.70. The van der Waals surface area contributed by atoms with E-state index in [0.717, 1.165) is 43.9 Å². The summed E-state index contributed by atoms with van der Waals surface area (Å²) < 4.78 is 5.91. The fourth-order valence-electron chi connectivity index (χ4n) is 9.19. The second kappa shape index (κ2) is 5.56. The van der Waals surface area contributed by atoms with Crippen molar-refractivity contribution in [2.24, 2.45) is 51.8 Å². The van der Waals surface area contributed by atoms with Crippen molar-refractivity contribution in [1.29, 1.82) is 0 Å². The van der Waals surface area contributed by atoms with E-state index in [-0.39, 0.29) is 28.3 Å². The normalized spacial score (nSPS) is 51.8. The molecule has 5 unspecified atom stereocenters. The Balaban J connectivity index is 1.41. The van der Waals surface area contributed by atoms with Crippen LogP contribution in [0.3, 0.4) is 0 Å². The Labute approximate surface area is 175 Å². The summed E-state index contributed by atoms with van der Waals surface area (Å²) in [6.45, 7) is 9.77. The zero-order valence-electron chi connectivity index (χ0n) is 18.5. The Hall–Kier alpha value is -1.12. The number of ether oxygens (including phenoxy) is 1. The third kappa shape index (κ3) is 2.31. The standard InChI is InChI=1S/C26H36O3/c1-14(2)23-22-16-11-15(16)18-12-19(27)26(9-10-26)13-25(18,4)17(22)7-8-24(23,3)20-5-6-21(28)29-20/h12,14-17,20,22-23H,5-11,13H2,1-4H3/t15?,16?,17?,20-,22?,23?,24-,25-/m1/s1. The van der Waals surface area contributed by atoms with Gasteiger partial charge in [-0.1, -0.05) is 33.3 Å². The van der Waals surface area contributed by atoms with Crippen molar-refractivity contribution >= 4 is 11.8 Å². The van der Waals surface area contributed by atoms with Gasteiger partial charge in [0.25, 0.3) is 0 Å². The monoisotopic (exact) mass is 396 g/mol. The molecule has 0 amide bonds. The van der Waals surface area contributed by atoms with E-state index in [1.165, 1.54) is 18.4 Å². The first-order valence-corrected chi connectivity index (χ1v) is 12.2. The van der Waals surface area contributed by atoms with Crippen LogP contribution in [-0.2, 0) is 14.3 Å². The predicted octanol–water partition coefficient (Wildman–Crippen LogP) is 5.33. The number of fused-ring (bicyclic) bond motifs is 6. The molecule has 3 nitrogen and oxygen atoms in total. The van der Waals surface area contributed by atoms with Crippen LogP contribution in [0.4, 0.5) is 0 Å². The van der Waals surface area contributed by atoms with Crippen molar-refractivity contribution in [1.82, 2.24) is 0 Å². The van der Waals surface area contributed by atoms with E-state index in [1.54, 1.807) is 0 Å². The van der Waals surface area contributed by atoms with Crippen LogP contribution in [0.1, 0.15) is 79.1 Å². The maximum Gasteiger partial charge on any atom is 0.306 e. The van der Waals surface area contributed by atoms with Gasteiger partial charge in [-0.25, -0.2) is 0 Å². The van der Waals surface area contributed by atoms with Crippen LogP contribution in [0.5, 0.6) is 0 Å². The molecule has 158 valence electrons. The number of hydrogen-bond acceptors (Lipinski definition) is 3. The summed E-state index contributed by atoms with van der Waals surface area (Å²) >= 11 is 0. The molecule has 0 aromatic heterocycles. The number of carbonyl (C=O) groups excluding carboxylic acids is 2. The van der Waals surface area contributed by atoms with Gasteiger partial charge in [0.1, 0.15) is 6.10 Å². The van der Waals surface area contributed by atoms with E-state index in [2.05, 4.69) is 33.8 Å². The van der Waals surface area contributed by atoms with Gasteiger partial charge in [0.2, 0.25) is 0 Å². The average Bonchev–Trinajstić information content (AvgIpc) is 3.56. The fourth-order valence-corrected chi connectivity index (χ4v) is 9.19. The van der Waals surface area contributed by atoms with Gasteiger partial charge in [0.05, 0.1) is 0 Å². The Morgan fingerprint density at radius 2 is 1.86 bits per heavy atom. The van der Waals surface area contributed by atoms with E-state index in [9.17, 15) is 9.59 Å². The highest BCUT2D eigenvalue weighted by molar-refractivity contribution is 5.99. The lowest BCUT2D eigenvalue weighted by atomic mass is 9.44. The van der Waals surface area contributed by atoms with Crippen molar-refractivity contribution in [2.45, 2.75) is 85.2 Å². The van der Waals surface area contributed by atoms with E-state index < -0.39 is 0 Å². The molecule has 8 atom stereocenters. The third-order valence-electron chi connectivity index (χ3n) is 10.6. The first-order valence-electron chi connectivity index (χ1n) is 12.2. The smallest absolute Gasteiger partial charge is 0.306 e. The van der Waals surface area contributed by atoms with Gasteiger partial charge in [-0.05, 0) is 91.9 Å². The Bertz CT molecular complexity index is 820. The molecule has 1 heterocycles. The molecule has 29 heavy (non-hydrogen) atoms. The number of ketones is 1. The molecule has 0 bridgehead atoms. The second-order valence-electron chi connectivity index (χ2n) is 12.4. The van der Waals surface area contributed by atoms with Crippen LogP contribution >= 0.6 is 0 Å². The average molecular weight is 397 g/mol. The van der Waals surface area contributed by atoms with E-state index in [0.29, 0.717) is 35.9 Å². The number of rotatable bonds is 2. The molecule has 5 fully saturated rings. The molecule has 6 rings (SSSR count). The predicted molar refractivity (Wildman–Crippen MR) is 111 cm³/mol. The molecule has 1 saturated heterocycles. The lowest BCUT2D eigenvalue weighted by Gasteiger charge is -2.61. The molecule has 6 aliphatic rings. The number of esters is 1. The number of cyclic esters (lactones) is 1. The van der Waals surface area contributed by atoms with E-state index >= 15 is 0 Å². The van der Waals surface area contributed by atoms with Crippen LogP contribution in [0.2, 0.25) is 0 Å². The van der Waals surface area contributed by atoms with Gasteiger partial charge in [0.15, 0.2) is 5.78 Å². The van der Waals surface area contributed by atoms with Crippen molar-refractivity contribution in [3.63, 3.8) is 0 Å². The molecular weight excluding hydrogens is 360 g/mol. The molecule has 1 aliphatic heterocycles. The first kappa shape index (κ1) is 18.6. The number of carbonyl (C=O) groups is 2.